The summed E-state index contributed by atoms with van der Waals surface area (Å²) in [4.78, 5) is 11.5. The van der Waals surface area contributed by atoms with Crippen molar-refractivity contribution in [3.8, 4) is 11.8 Å². The number of carbonyl (C=O) groups excluding carboxylic acids is 1. The molecular formula is C14H11NO2. The third kappa shape index (κ3) is 2.11. The van der Waals surface area contributed by atoms with Gasteiger partial charge >= 0.3 is 0 Å². The summed E-state index contributed by atoms with van der Waals surface area (Å²) >= 11 is 0. The Labute approximate surface area is 99.2 Å². The van der Waals surface area contributed by atoms with Crippen LogP contribution in [0.15, 0.2) is 36.4 Å². The van der Waals surface area contributed by atoms with Crippen molar-refractivity contribution in [1.82, 2.24) is 0 Å². The molecule has 0 bridgehead atoms. The number of fused-ring (bicyclic) bond motifs is 1. The van der Waals surface area contributed by atoms with E-state index in [1.807, 2.05) is 36.4 Å². The Morgan fingerprint density at radius 3 is 2.76 bits per heavy atom. The molecule has 0 N–H and O–H groups in total. The zero-order valence-corrected chi connectivity index (χ0v) is 9.43. The lowest BCUT2D eigenvalue weighted by atomic mass is 10.0. The highest BCUT2D eigenvalue weighted by atomic mass is 16.5. The van der Waals surface area contributed by atoms with Gasteiger partial charge in [0.1, 0.15) is 11.8 Å². The summed E-state index contributed by atoms with van der Waals surface area (Å²) < 4.78 is 5.38. The van der Waals surface area contributed by atoms with Crippen LogP contribution in [-0.4, -0.2) is 12.4 Å². The van der Waals surface area contributed by atoms with Gasteiger partial charge in [0.05, 0.1) is 5.56 Å². The third-order valence-corrected chi connectivity index (χ3v) is 2.54. The summed E-state index contributed by atoms with van der Waals surface area (Å²) in [7, 11) is 0. The molecule has 0 spiro atoms. The predicted molar refractivity (Wildman–Crippen MR) is 65.1 cm³/mol. The Kier molecular flexibility index (Phi) is 3.06. The third-order valence-electron chi connectivity index (χ3n) is 2.54. The van der Waals surface area contributed by atoms with Crippen LogP contribution in [0.4, 0.5) is 0 Å². The van der Waals surface area contributed by atoms with E-state index in [2.05, 4.69) is 0 Å². The summed E-state index contributed by atoms with van der Waals surface area (Å²) in [5.74, 6) is 0.431. The van der Waals surface area contributed by atoms with Crippen molar-refractivity contribution in [3.05, 3.63) is 42.0 Å². The lowest BCUT2D eigenvalue weighted by Crippen LogP contribution is -2.02. The van der Waals surface area contributed by atoms with Crippen molar-refractivity contribution in [2.24, 2.45) is 0 Å². The molecule has 0 saturated heterocycles. The van der Waals surface area contributed by atoms with Gasteiger partial charge < -0.3 is 4.74 Å². The van der Waals surface area contributed by atoms with Crippen LogP contribution in [0.25, 0.3) is 10.8 Å². The van der Waals surface area contributed by atoms with E-state index >= 15 is 0 Å². The van der Waals surface area contributed by atoms with Gasteiger partial charge in [0, 0.05) is 5.39 Å². The highest BCUT2D eigenvalue weighted by Gasteiger charge is 2.12. The highest BCUT2D eigenvalue weighted by molar-refractivity contribution is 6.03. The van der Waals surface area contributed by atoms with Crippen molar-refractivity contribution < 1.29 is 9.53 Å². The van der Waals surface area contributed by atoms with Gasteiger partial charge in [-0.3, -0.25) is 4.79 Å². The highest BCUT2D eigenvalue weighted by Crippen LogP contribution is 2.30. The number of ketones is 1. The fourth-order valence-corrected chi connectivity index (χ4v) is 1.78. The number of carbonyl (C=O) groups is 1. The SMILES string of the molecule is CC(=O)c1ccc2ccccc2c1OCC#N. The fourth-order valence-electron chi connectivity index (χ4n) is 1.78. The molecule has 84 valence electrons. The van der Waals surface area contributed by atoms with E-state index in [0.29, 0.717) is 11.3 Å². The molecule has 2 aromatic rings. The Bertz CT molecular complexity index is 611. The molecule has 3 nitrogen and oxygen atoms in total. The number of rotatable bonds is 3. The molecule has 0 saturated carbocycles. The minimum atomic E-state index is -0.0660. The van der Waals surface area contributed by atoms with Gasteiger partial charge in [-0.2, -0.15) is 5.26 Å². The molecular weight excluding hydrogens is 214 g/mol. The average Bonchev–Trinajstić information content (AvgIpc) is 2.35. The molecule has 2 rings (SSSR count). The first-order valence-electron chi connectivity index (χ1n) is 5.26. The van der Waals surface area contributed by atoms with Gasteiger partial charge in [0.2, 0.25) is 0 Å². The zero-order chi connectivity index (χ0) is 12.3. The first kappa shape index (κ1) is 11.2. The maximum atomic E-state index is 11.5. The first-order valence-corrected chi connectivity index (χ1v) is 5.26. The molecule has 0 aliphatic carbocycles. The smallest absolute Gasteiger partial charge is 0.174 e. The van der Waals surface area contributed by atoms with Crippen molar-refractivity contribution in [2.75, 3.05) is 6.61 Å². The molecule has 0 fully saturated rings. The Hall–Kier alpha value is -2.34. The van der Waals surface area contributed by atoms with Gasteiger partial charge in [0.15, 0.2) is 12.4 Å². The van der Waals surface area contributed by atoms with Crippen LogP contribution >= 0.6 is 0 Å². The van der Waals surface area contributed by atoms with Gasteiger partial charge in [-0.1, -0.05) is 30.3 Å². The fraction of sp³-hybridized carbons (Fsp3) is 0.143. The second-order valence-electron chi connectivity index (χ2n) is 3.67. The standard InChI is InChI=1S/C14H11NO2/c1-10(16)12-7-6-11-4-2-3-5-13(11)14(12)17-9-8-15/h2-7H,9H2,1H3. The molecule has 0 atom stereocenters. The summed E-state index contributed by atoms with van der Waals surface area (Å²) in [5, 5.41) is 10.4. The number of Topliss-reactive ketones (excluding diaryl/α,β-unsaturated/α-hetero) is 1. The predicted octanol–water partition coefficient (Wildman–Crippen LogP) is 2.94. The minimum Gasteiger partial charge on any atom is -0.477 e. The van der Waals surface area contributed by atoms with Gasteiger partial charge in [-0.25, -0.2) is 0 Å². The Morgan fingerprint density at radius 1 is 1.29 bits per heavy atom. The molecule has 0 radical (unpaired) electrons. The van der Waals surface area contributed by atoms with Gasteiger partial charge in [0.25, 0.3) is 0 Å². The van der Waals surface area contributed by atoms with Crippen LogP contribution in [0.5, 0.6) is 5.75 Å². The van der Waals surface area contributed by atoms with Crippen molar-refractivity contribution in [2.45, 2.75) is 6.92 Å². The zero-order valence-electron chi connectivity index (χ0n) is 9.43. The van der Waals surface area contributed by atoms with E-state index in [1.54, 1.807) is 6.07 Å². The summed E-state index contributed by atoms with van der Waals surface area (Å²) in [5.41, 5.74) is 0.513. The molecule has 0 aromatic heterocycles. The van der Waals surface area contributed by atoms with E-state index in [4.69, 9.17) is 10.00 Å². The van der Waals surface area contributed by atoms with E-state index < -0.39 is 0 Å². The van der Waals surface area contributed by atoms with Crippen LogP contribution in [0.3, 0.4) is 0 Å². The molecule has 2 aromatic carbocycles. The number of ether oxygens (including phenoxy) is 1. The molecule has 0 aliphatic rings. The molecule has 0 heterocycles. The second kappa shape index (κ2) is 4.67. The molecule has 0 aliphatic heterocycles. The number of hydrogen-bond acceptors (Lipinski definition) is 3. The van der Waals surface area contributed by atoms with Gasteiger partial charge in [-0.05, 0) is 18.4 Å². The Balaban J connectivity index is 2.66. The average molecular weight is 225 g/mol. The normalized spacial score (nSPS) is 9.88. The minimum absolute atomic E-state index is 0.0612. The lowest BCUT2D eigenvalue weighted by Gasteiger charge is -2.10. The maximum absolute atomic E-state index is 11.5. The van der Waals surface area contributed by atoms with E-state index in [9.17, 15) is 4.79 Å². The largest absolute Gasteiger partial charge is 0.477 e. The van der Waals surface area contributed by atoms with Crippen molar-refractivity contribution in [1.29, 1.82) is 5.26 Å². The lowest BCUT2D eigenvalue weighted by molar-refractivity contribution is 0.101. The molecule has 17 heavy (non-hydrogen) atoms. The number of hydrogen-bond donors (Lipinski definition) is 0. The topological polar surface area (TPSA) is 50.1 Å². The summed E-state index contributed by atoms with van der Waals surface area (Å²) in [6.45, 7) is 1.43. The van der Waals surface area contributed by atoms with Crippen LogP contribution in [0.2, 0.25) is 0 Å². The van der Waals surface area contributed by atoms with Crippen molar-refractivity contribution in [3.63, 3.8) is 0 Å². The second-order valence-corrected chi connectivity index (χ2v) is 3.67. The van der Waals surface area contributed by atoms with Crippen LogP contribution in [-0.2, 0) is 0 Å². The van der Waals surface area contributed by atoms with Gasteiger partial charge in [-0.15, -0.1) is 0 Å². The maximum Gasteiger partial charge on any atom is 0.174 e. The number of benzene rings is 2. The van der Waals surface area contributed by atoms with E-state index in [-0.39, 0.29) is 12.4 Å². The molecule has 3 heteroatoms. The number of nitriles is 1. The van der Waals surface area contributed by atoms with E-state index in [0.717, 1.165) is 10.8 Å². The molecule has 0 unspecified atom stereocenters. The monoisotopic (exact) mass is 225 g/mol. The summed E-state index contributed by atoms with van der Waals surface area (Å²) in [6, 6.07) is 13.2. The quantitative estimate of drug-likeness (QED) is 0.754. The Morgan fingerprint density at radius 2 is 2.06 bits per heavy atom. The van der Waals surface area contributed by atoms with Crippen LogP contribution in [0, 0.1) is 11.3 Å². The summed E-state index contributed by atoms with van der Waals surface area (Å²) in [6.07, 6.45) is 0. The van der Waals surface area contributed by atoms with E-state index in [1.165, 1.54) is 6.92 Å². The first-order chi connectivity index (χ1) is 8.24. The number of nitrogens with zero attached hydrogens (tertiary/aromatic N) is 1. The molecule has 0 amide bonds. The van der Waals surface area contributed by atoms with Crippen LogP contribution < -0.4 is 4.74 Å². The van der Waals surface area contributed by atoms with Crippen LogP contribution in [0.1, 0.15) is 17.3 Å². The van der Waals surface area contributed by atoms with Crippen molar-refractivity contribution >= 4 is 16.6 Å².